The van der Waals surface area contributed by atoms with Crippen molar-refractivity contribution >= 4 is 29.3 Å². The molecule has 0 radical (unpaired) electrons. The van der Waals surface area contributed by atoms with Crippen molar-refractivity contribution in [3.8, 4) is 0 Å². The average molecular weight is 390 g/mol. The second-order valence-corrected chi connectivity index (χ2v) is 6.87. The fourth-order valence-electron chi connectivity index (χ4n) is 3.23. The average Bonchev–Trinajstić information content (AvgIpc) is 2.87. The number of rotatable bonds is 4. The Bertz CT molecular complexity index is 809. The first kappa shape index (κ1) is 19.4. The van der Waals surface area contributed by atoms with Crippen molar-refractivity contribution in [2.24, 2.45) is 0 Å². The lowest BCUT2D eigenvalue weighted by molar-refractivity contribution is 0.0955. The molecule has 2 heterocycles. The van der Waals surface area contributed by atoms with Gasteiger partial charge in [-0.25, -0.2) is 4.98 Å². The van der Waals surface area contributed by atoms with Crippen LogP contribution >= 0.6 is 11.6 Å². The van der Waals surface area contributed by atoms with E-state index in [1.807, 2.05) is 26.0 Å². The summed E-state index contributed by atoms with van der Waals surface area (Å²) in [7, 11) is 0. The maximum absolute atomic E-state index is 12.3. The number of halogens is 1. The minimum absolute atomic E-state index is 0.126. The van der Waals surface area contributed by atoms with Crippen molar-refractivity contribution in [2.45, 2.75) is 26.3 Å². The molecule has 2 aromatic rings. The highest BCUT2D eigenvalue weighted by atomic mass is 35.5. The minimum Gasteiger partial charge on any atom is -0.379 e. The van der Waals surface area contributed by atoms with E-state index in [4.69, 9.17) is 22.1 Å². The number of nitrogens with one attached hydrogen (secondary N) is 1. The number of aromatic nitrogens is 2. The number of carbonyl (C=O) groups is 1. The Morgan fingerprint density at radius 1 is 1.41 bits per heavy atom. The molecular formula is C19H24ClN5O2. The highest BCUT2D eigenvalue weighted by Crippen LogP contribution is 2.33. The molecular weight excluding hydrogens is 366 g/mol. The molecule has 0 saturated carbocycles. The molecule has 1 aliphatic rings. The van der Waals surface area contributed by atoms with Gasteiger partial charge in [-0.05, 0) is 44.0 Å². The second kappa shape index (κ2) is 8.54. The summed E-state index contributed by atoms with van der Waals surface area (Å²) in [5, 5.41) is 3.40. The third kappa shape index (κ3) is 4.48. The van der Waals surface area contributed by atoms with Gasteiger partial charge in [0.05, 0.1) is 12.6 Å². The fraction of sp³-hybridized carbons (Fsp3) is 0.421. The maximum Gasteiger partial charge on any atom is 0.251 e. The van der Waals surface area contributed by atoms with E-state index in [-0.39, 0.29) is 17.9 Å². The monoisotopic (exact) mass is 389 g/mol. The van der Waals surface area contributed by atoms with Crippen LogP contribution in [-0.2, 0) is 4.74 Å². The summed E-state index contributed by atoms with van der Waals surface area (Å²) in [6, 6.07) is 7.03. The molecule has 3 N–H and O–H groups in total. The SMILES string of the molecule is CCNC(=O)c1ccc(Cl)c(C2COCCCN2c2cc(C)nc(N)n2)c1. The first-order valence-electron chi connectivity index (χ1n) is 9.02. The van der Waals surface area contributed by atoms with E-state index in [1.54, 1.807) is 12.1 Å². The van der Waals surface area contributed by atoms with Crippen molar-refractivity contribution in [1.82, 2.24) is 15.3 Å². The van der Waals surface area contributed by atoms with Crippen LogP contribution in [0.3, 0.4) is 0 Å². The second-order valence-electron chi connectivity index (χ2n) is 6.46. The van der Waals surface area contributed by atoms with Crippen LogP contribution in [0, 0.1) is 6.92 Å². The topological polar surface area (TPSA) is 93.4 Å². The number of nitrogens with zero attached hydrogens (tertiary/aromatic N) is 3. The maximum atomic E-state index is 12.3. The van der Waals surface area contributed by atoms with Gasteiger partial charge < -0.3 is 20.7 Å². The third-order valence-electron chi connectivity index (χ3n) is 4.45. The van der Waals surface area contributed by atoms with Crippen LogP contribution in [0.5, 0.6) is 0 Å². The van der Waals surface area contributed by atoms with Crippen molar-refractivity contribution in [1.29, 1.82) is 0 Å². The van der Waals surface area contributed by atoms with Gasteiger partial charge >= 0.3 is 0 Å². The van der Waals surface area contributed by atoms with E-state index >= 15 is 0 Å². The van der Waals surface area contributed by atoms with E-state index in [0.29, 0.717) is 30.3 Å². The zero-order valence-corrected chi connectivity index (χ0v) is 16.3. The lowest BCUT2D eigenvalue weighted by Crippen LogP contribution is -2.32. The van der Waals surface area contributed by atoms with Gasteiger partial charge in [0.25, 0.3) is 5.91 Å². The molecule has 7 nitrogen and oxygen atoms in total. The molecule has 1 aromatic heterocycles. The van der Waals surface area contributed by atoms with Crippen LogP contribution in [0.15, 0.2) is 24.3 Å². The molecule has 1 atom stereocenters. The lowest BCUT2D eigenvalue weighted by atomic mass is 10.0. The number of benzene rings is 1. The number of ether oxygens (including phenoxy) is 1. The van der Waals surface area contributed by atoms with Gasteiger partial charge in [-0.15, -0.1) is 0 Å². The third-order valence-corrected chi connectivity index (χ3v) is 4.79. The highest BCUT2D eigenvalue weighted by molar-refractivity contribution is 6.31. The van der Waals surface area contributed by atoms with E-state index in [0.717, 1.165) is 30.0 Å². The molecule has 1 aromatic carbocycles. The zero-order valence-electron chi connectivity index (χ0n) is 15.5. The molecule has 8 heteroatoms. The summed E-state index contributed by atoms with van der Waals surface area (Å²) in [6.07, 6.45) is 0.854. The predicted octanol–water partition coefficient (Wildman–Crippen LogP) is 2.74. The molecule has 0 aliphatic carbocycles. The van der Waals surface area contributed by atoms with Crippen LogP contribution in [0.4, 0.5) is 11.8 Å². The number of nitrogens with two attached hydrogens (primary N) is 1. The quantitative estimate of drug-likeness (QED) is 0.835. The molecule has 1 unspecified atom stereocenters. The van der Waals surface area contributed by atoms with Crippen LogP contribution in [-0.4, -0.2) is 42.2 Å². The molecule has 1 saturated heterocycles. The van der Waals surface area contributed by atoms with Gasteiger partial charge in [0.1, 0.15) is 5.82 Å². The van der Waals surface area contributed by atoms with E-state index < -0.39 is 0 Å². The molecule has 0 spiro atoms. The standard InChI is InChI=1S/C19H24ClN5O2/c1-3-22-18(26)13-5-6-15(20)14(10-13)16-11-27-8-4-7-25(16)17-9-12(2)23-19(21)24-17/h5-6,9-10,16H,3-4,7-8,11H2,1-2H3,(H,22,26)(H2,21,23,24). The van der Waals surface area contributed by atoms with Crippen LogP contribution < -0.4 is 16.0 Å². The lowest BCUT2D eigenvalue weighted by Gasteiger charge is -2.31. The molecule has 1 aliphatic heterocycles. The molecule has 0 bridgehead atoms. The van der Waals surface area contributed by atoms with Gasteiger partial charge in [0.2, 0.25) is 5.95 Å². The molecule has 144 valence electrons. The number of carbonyl (C=O) groups excluding carboxylic acids is 1. The summed E-state index contributed by atoms with van der Waals surface area (Å²) in [6.45, 7) is 6.17. The van der Waals surface area contributed by atoms with Gasteiger partial charge in [-0.1, -0.05) is 11.6 Å². The van der Waals surface area contributed by atoms with Crippen molar-refractivity contribution in [3.05, 3.63) is 46.1 Å². The first-order chi connectivity index (χ1) is 13.0. The Hall–Kier alpha value is -2.38. The Labute approximate surface area is 163 Å². The molecule has 3 rings (SSSR count). The van der Waals surface area contributed by atoms with Crippen LogP contribution in [0.2, 0.25) is 5.02 Å². The Morgan fingerprint density at radius 2 is 2.22 bits per heavy atom. The summed E-state index contributed by atoms with van der Waals surface area (Å²) >= 11 is 6.51. The van der Waals surface area contributed by atoms with Crippen molar-refractivity contribution in [2.75, 3.05) is 36.9 Å². The van der Waals surface area contributed by atoms with Crippen LogP contribution in [0.25, 0.3) is 0 Å². The summed E-state index contributed by atoms with van der Waals surface area (Å²) in [5.74, 6) is 0.838. The number of anilines is 2. The smallest absolute Gasteiger partial charge is 0.251 e. The molecule has 1 fully saturated rings. The van der Waals surface area contributed by atoms with Crippen molar-refractivity contribution in [3.63, 3.8) is 0 Å². The number of amides is 1. The molecule has 27 heavy (non-hydrogen) atoms. The predicted molar refractivity (Wildman–Crippen MR) is 106 cm³/mol. The summed E-state index contributed by atoms with van der Waals surface area (Å²) in [4.78, 5) is 23.0. The van der Waals surface area contributed by atoms with E-state index in [9.17, 15) is 4.79 Å². The first-order valence-corrected chi connectivity index (χ1v) is 9.40. The van der Waals surface area contributed by atoms with Gasteiger partial charge in [0, 0.05) is 42.0 Å². The highest BCUT2D eigenvalue weighted by Gasteiger charge is 2.27. The van der Waals surface area contributed by atoms with Crippen molar-refractivity contribution < 1.29 is 9.53 Å². The number of nitrogen functional groups attached to an aromatic ring is 1. The van der Waals surface area contributed by atoms with Gasteiger partial charge in [-0.3, -0.25) is 4.79 Å². The largest absolute Gasteiger partial charge is 0.379 e. The number of aryl methyl sites for hydroxylation is 1. The fourth-order valence-corrected chi connectivity index (χ4v) is 3.48. The Morgan fingerprint density at radius 3 is 2.96 bits per heavy atom. The number of hydrogen-bond donors (Lipinski definition) is 2. The minimum atomic E-state index is -0.178. The van der Waals surface area contributed by atoms with E-state index in [2.05, 4.69) is 20.2 Å². The van der Waals surface area contributed by atoms with E-state index in [1.165, 1.54) is 0 Å². The summed E-state index contributed by atoms with van der Waals surface area (Å²) in [5.41, 5.74) is 8.05. The normalized spacial score (nSPS) is 17.4. The Kier molecular flexibility index (Phi) is 6.13. The molecule has 1 amide bonds. The van der Waals surface area contributed by atoms with Gasteiger partial charge in [0.15, 0.2) is 0 Å². The summed E-state index contributed by atoms with van der Waals surface area (Å²) < 4.78 is 5.80. The van der Waals surface area contributed by atoms with Gasteiger partial charge in [-0.2, -0.15) is 4.98 Å². The number of hydrogen-bond acceptors (Lipinski definition) is 6. The zero-order chi connectivity index (χ0) is 19.4. The Balaban J connectivity index is 2.03. The van der Waals surface area contributed by atoms with Crippen LogP contribution in [0.1, 0.15) is 41.0 Å².